The predicted octanol–water partition coefficient (Wildman–Crippen LogP) is 2.27. The zero-order valence-electron chi connectivity index (χ0n) is 12.5. The number of halogens is 1. The van der Waals surface area contributed by atoms with Crippen molar-refractivity contribution in [3.63, 3.8) is 0 Å². The fraction of sp³-hybridized carbons (Fsp3) is 0.786. The van der Waals surface area contributed by atoms with Gasteiger partial charge in [-0.25, -0.2) is 0 Å². The van der Waals surface area contributed by atoms with Crippen LogP contribution in [-0.4, -0.2) is 52.8 Å². The van der Waals surface area contributed by atoms with Crippen LogP contribution in [0.15, 0.2) is 4.47 Å². The molecule has 4 nitrogen and oxygen atoms in total. The van der Waals surface area contributed by atoms with E-state index in [0.717, 1.165) is 19.0 Å². The van der Waals surface area contributed by atoms with Gasteiger partial charge in [-0.15, -0.1) is 0 Å². The van der Waals surface area contributed by atoms with Crippen molar-refractivity contribution in [2.75, 3.05) is 27.2 Å². The Kier molecular flexibility index (Phi) is 5.03. The minimum Gasteiger partial charge on any atom is -0.306 e. The van der Waals surface area contributed by atoms with E-state index >= 15 is 0 Å². The molecular weight excluding hydrogens is 304 g/mol. The van der Waals surface area contributed by atoms with Crippen molar-refractivity contribution in [2.24, 2.45) is 7.05 Å². The van der Waals surface area contributed by atoms with Gasteiger partial charge in [-0.05, 0) is 49.3 Å². The second kappa shape index (κ2) is 6.37. The lowest BCUT2D eigenvalue weighted by molar-refractivity contribution is 0.137. The van der Waals surface area contributed by atoms with Gasteiger partial charge in [0.05, 0.1) is 15.9 Å². The molecule has 0 amide bonds. The van der Waals surface area contributed by atoms with Crippen LogP contribution in [0.4, 0.5) is 0 Å². The topological polar surface area (TPSA) is 24.3 Å². The highest BCUT2D eigenvalue weighted by molar-refractivity contribution is 9.10. The van der Waals surface area contributed by atoms with Gasteiger partial charge in [-0.1, -0.05) is 6.92 Å². The molecule has 1 aromatic heterocycles. The molecule has 1 aliphatic rings. The molecule has 1 saturated heterocycles. The fourth-order valence-electron chi connectivity index (χ4n) is 2.80. The second-order valence-corrected chi connectivity index (χ2v) is 6.45. The highest BCUT2D eigenvalue weighted by Crippen LogP contribution is 2.24. The third kappa shape index (κ3) is 3.38. The van der Waals surface area contributed by atoms with Crippen LogP contribution in [-0.2, 0) is 20.0 Å². The number of aromatic nitrogens is 2. The fourth-order valence-corrected chi connectivity index (χ4v) is 3.54. The van der Waals surface area contributed by atoms with Crippen LogP contribution in [0.5, 0.6) is 0 Å². The highest BCUT2D eigenvalue weighted by atomic mass is 79.9. The first-order chi connectivity index (χ1) is 9.02. The maximum atomic E-state index is 4.57. The molecule has 2 heterocycles. The molecule has 0 N–H and O–H groups in total. The Bertz CT molecular complexity index is 419. The Balaban J connectivity index is 1.98. The van der Waals surface area contributed by atoms with E-state index < -0.39 is 0 Å². The largest absolute Gasteiger partial charge is 0.306 e. The number of piperidine rings is 1. The van der Waals surface area contributed by atoms with Crippen LogP contribution in [0.3, 0.4) is 0 Å². The minimum atomic E-state index is 0.748. The first kappa shape index (κ1) is 15.0. The molecule has 1 fully saturated rings. The molecule has 0 radical (unpaired) electrons. The third-order valence-electron chi connectivity index (χ3n) is 4.16. The lowest BCUT2D eigenvalue weighted by Crippen LogP contribution is -2.41. The van der Waals surface area contributed by atoms with Crippen molar-refractivity contribution in [3.05, 3.63) is 15.9 Å². The second-order valence-electron chi connectivity index (χ2n) is 5.66. The molecule has 108 valence electrons. The lowest BCUT2D eigenvalue weighted by Gasteiger charge is -2.35. The zero-order valence-corrected chi connectivity index (χ0v) is 14.1. The van der Waals surface area contributed by atoms with Gasteiger partial charge < -0.3 is 4.90 Å². The van der Waals surface area contributed by atoms with Crippen molar-refractivity contribution in [3.8, 4) is 0 Å². The summed E-state index contributed by atoms with van der Waals surface area (Å²) in [5.41, 5.74) is 2.47. The van der Waals surface area contributed by atoms with Gasteiger partial charge in [0.25, 0.3) is 0 Å². The number of hydrogen-bond acceptors (Lipinski definition) is 3. The molecular formula is C14H25BrN4. The molecule has 2 rings (SSSR count). The average Bonchev–Trinajstić information content (AvgIpc) is 2.67. The van der Waals surface area contributed by atoms with Crippen LogP contribution in [0, 0.1) is 0 Å². The Morgan fingerprint density at radius 2 is 1.95 bits per heavy atom. The summed E-state index contributed by atoms with van der Waals surface area (Å²) in [4.78, 5) is 4.90. The van der Waals surface area contributed by atoms with Gasteiger partial charge in [0.15, 0.2) is 0 Å². The van der Waals surface area contributed by atoms with E-state index in [1.54, 1.807) is 0 Å². The summed E-state index contributed by atoms with van der Waals surface area (Å²) in [5, 5.41) is 4.57. The molecule has 0 aromatic carbocycles. The summed E-state index contributed by atoms with van der Waals surface area (Å²) in [6.45, 7) is 5.52. The van der Waals surface area contributed by atoms with Crippen LogP contribution in [0.2, 0.25) is 0 Å². The molecule has 0 unspecified atom stereocenters. The highest BCUT2D eigenvalue weighted by Gasteiger charge is 2.22. The van der Waals surface area contributed by atoms with E-state index in [0.29, 0.717) is 0 Å². The first-order valence-corrected chi connectivity index (χ1v) is 7.91. The Hall–Kier alpha value is -0.390. The number of likely N-dealkylation sites (tertiary alicyclic amines) is 1. The standard InChI is InChI=1S/C14H25BrN4/c1-5-12-14(15)13(18(4)16-12)10-19-8-6-11(7-9-19)17(2)3/h11H,5-10H2,1-4H3. The molecule has 19 heavy (non-hydrogen) atoms. The van der Waals surface area contributed by atoms with Crippen molar-refractivity contribution >= 4 is 15.9 Å². The van der Waals surface area contributed by atoms with Crippen LogP contribution >= 0.6 is 15.9 Å². The molecule has 1 aromatic rings. The molecule has 0 bridgehead atoms. The van der Waals surface area contributed by atoms with Gasteiger partial charge in [0, 0.05) is 32.7 Å². The molecule has 0 aliphatic carbocycles. The van der Waals surface area contributed by atoms with Crippen molar-refractivity contribution < 1.29 is 0 Å². The van der Waals surface area contributed by atoms with E-state index in [4.69, 9.17) is 0 Å². The third-order valence-corrected chi connectivity index (χ3v) is 5.08. The molecule has 1 aliphatic heterocycles. The first-order valence-electron chi connectivity index (χ1n) is 7.12. The minimum absolute atomic E-state index is 0.748. The quantitative estimate of drug-likeness (QED) is 0.847. The van der Waals surface area contributed by atoms with Crippen LogP contribution in [0.1, 0.15) is 31.2 Å². The number of rotatable bonds is 4. The van der Waals surface area contributed by atoms with Crippen molar-refractivity contribution in [2.45, 2.75) is 38.8 Å². The van der Waals surface area contributed by atoms with Crippen molar-refractivity contribution in [1.82, 2.24) is 19.6 Å². The number of hydrogen-bond donors (Lipinski definition) is 0. The van der Waals surface area contributed by atoms with Gasteiger partial charge in [-0.2, -0.15) is 5.10 Å². The summed E-state index contributed by atoms with van der Waals surface area (Å²) in [6.07, 6.45) is 3.52. The predicted molar refractivity (Wildman–Crippen MR) is 82.3 cm³/mol. The van der Waals surface area contributed by atoms with Crippen molar-refractivity contribution in [1.29, 1.82) is 0 Å². The van der Waals surface area contributed by atoms with E-state index in [1.807, 2.05) is 11.7 Å². The van der Waals surface area contributed by atoms with E-state index in [2.05, 4.69) is 51.8 Å². The number of aryl methyl sites for hydroxylation is 2. The molecule has 5 heteroatoms. The molecule has 0 spiro atoms. The average molecular weight is 329 g/mol. The molecule has 0 saturated carbocycles. The molecule has 0 atom stereocenters. The van der Waals surface area contributed by atoms with E-state index in [9.17, 15) is 0 Å². The maximum Gasteiger partial charge on any atom is 0.0767 e. The summed E-state index contributed by atoms with van der Waals surface area (Å²) < 4.78 is 3.23. The SMILES string of the molecule is CCc1nn(C)c(CN2CCC(N(C)C)CC2)c1Br. The monoisotopic (exact) mass is 328 g/mol. The summed E-state index contributed by atoms with van der Waals surface area (Å²) in [7, 11) is 6.42. The van der Waals surface area contributed by atoms with Gasteiger partial charge in [0.1, 0.15) is 0 Å². The number of nitrogens with zero attached hydrogens (tertiary/aromatic N) is 4. The zero-order chi connectivity index (χ0) is 14.0. The van der Waals surface area contributed by atoms with E-state index in [-0.39, 0.29) is 0 Å². The normalized spacial score (nSPS) is 18.4. The van der Waals surface area contributed by atoms with Gasteiger partial charge in [0.2, 0.25) is 0 Å². The van der Waals surface area contributed by atoms with Gasteiger partial charge >= 0.3 is 0 Å². The Morgan fingerprint density at radius 3 is 2.42 bits per heavy atom. The smallest absolute Gasteiger partial charge is 0.0767 e. The summed E-state index contributed by atoms with van der Waals surface area (Å²) >= 11 is 3.71. The lowest BCUT2D eigenvalue weighted by atomic mass is 10.0. The van der Waals surface area contributed by atoms with E-state index in [1.165, 1.54) is 41.8 Å². The Morgan fingerprint density at radius 1 is 1.32 bits per heavy atom. The summed E-state index contributed by atoms with van der Waals surface area (Å²) in [5.74, 6) is 0. The Labute approximate surface area is 124 Å². The van der Waals surface area contributed by atoms with Gasteiger partial charge in [-0.3, -0.25) is 9.58 Å². The maximum absolute atomic E-state index is 4.57. The van der Waals surface area contributed by atoms with Crippen LogP contribution < -0.4 is 0 Å². The van der Waals surface area contributed by atoms with Crippen LogP contribution in [0.25, 0.3) is 0 Å². The summed E-state index contributed by atoms with van der Waals surface area (Å²) in [6, 6.07) is 0.748.